The molecule has 2 rings (SSSR count). The molecule has 0 bridgehead atoms. The number of aromatic nitrogens is 2. The zero-order chi connectivity index (χ0) is 15.4. The average Bonchev–Trinajstić information content (AvgIpc) is 2.89. The topological polar surface area (TPSA) is 102 Å². The maximum Gasteiger partial charge on any atom is 0.305 e. The molecule has 21 heavy (non-hydrogen) atoms. The Balaban J connectivity index is 2.23. The van der Waals surface area contributed by atoms with E-state index < -0.39 is 10.8 Å². The minimum Gasteiger partial charge on any atom is -0.383 e. The zero-order valence-electron chi connectivity index (χ0n) is 11.7. The number of hydrogen-bond acceptors (Lipinski definition) is 5. The van der Waals surface area contributed by atoms with Crippen LogP contribution in [0.2, 0.25) is 0 Å². The Kier molecular flexibility index (Phi) is 4.17. The third-order valence-electron chi connectivity index (χ3n) is 3.09. The first-order valence-electron chi connectivity index (χ1n) is 6.25. The predicted octanol–water partition coefficient (Wildman–Crippen LogP) is 1.30. The Labute approximate surface area is 120 Å². The van der Waals surface area contributed by atoms with E-state index in [0.717, 1.165) is 5.69 Å². The van der Waals surface area contributed by atoms with E-state index in [1.165, 1.54) is 6.07 Å². The molecule has 0 spiro atoms. The van der Waals surface area contributed by atoms with Gasteiger partial charge in [0.1, 0.15) is 11.3 Å². The van der Waals surface area contributed by atoms with Gasteiger partial charge in [0.25, 0.3) is 5.91 Å². The second kappa shape index (κ2) is 6.04. The first-order chi connectivity index (χ1) is 10.0. The van der Waals surface area contributed by atoms with Crippen molar-refractivity contribution < 1.29 is 9.72 Å². The highest BCUT2D eigenvalue weighted by Gasteiger charge is 2.23. The third-order valence-corrected chi connectivity index (χ3v) is 3.09. The molecule has 8 heteroatoms. The monoisotopic (exact) mass is 289 g/mol. The van der Waals surface area contributed by atoms with Crippen LogP contribution < -0.4 is 10.6 Å². The Morgan fingerprint density at radius 1 is 1.43 bits per heavy atom. The molecule has 1 aromatic heterocycles. The lowest BCUT2D eigenvalue weighted by Crippen LogP contribution is -2.25. The first kappa shape index (κ1) is 14.5. The summed E-state index contributed by atoms with van der Waals surface area (Å²) in [6, 6.07) is 6.34. The molecule has 2 N–H and O–H groups in total. The van der Waals surface area contributed by atoms with E-state index in [1.807, 2.05) is 0 Å². The lowest BCUT2D eigenvalue weighted by atomic mass is 10.1. The number of para-hydroxylation sites is 1. The van der Waals surface area contributed by atoms with Crippen LogP contribution in [0.25, 0.3) is 0 Å². The number of nitro groups is 1. The van der Waals surface area contributed by atoms with Gasteiger partial charge in [-0.15, -0.1) is 0 Å². The van der Waals surface area contributed by atoms with Crippen molar-refractivity contribution in [2.45, 2.75) is 6.54 Å². The van der Waals surface area contributed by atoms with Gasteiger partial charge in [-0.2, -0.15) is 5.10 Å². The molecule has 0 atom stereocenters. The molecular formula is C13H15N5O3. The van der Waals surface area contributed by atoms with E-state index >= 15 is 0 Å². The van der Waals surface area contributed by atoms with E-state index in [4.69, 9.17) is 0 Å². The molecular weight excluding hydrogens is 274 g/mol. The van der Waals surface area contributed by atoms with Crippen LogP contribution in [-0.2, 0) is 13.6 Å². The van der Waals surface area contributed by atoms with Gasteiger partial charge in [-0.05, 0) is 18.2 Å². The van der Waals surface area contributed by atoms with Crippen molar-refractivity contribution in [2.75, 3.05) is 12.4 Å². The van der Waals surface area contributed by atoms with E-state index in [9.17, 15) is 14.9 Å². The van der Waals surface area contributed by atoms with E-state index in [1.54, 1.807) is 43.2 Å². The number of carbonyl (C=O) groups is 1. The third kappa shape index (κ3) is 2.99. The van der Waals surface area contributed by atoms with Crippen LogP contribution in [0.3, 0.4) is 0 Å². The molecule has 0 radical (unpaired) electrons. The van der Waals surface area contributed by atoms with Crippen LogP contribution >= 0.6 is 0 Å². The average molecular weight is 289 g/mol. The number of nitrogens with zero attached hydrogens (tertiary/aromatic N) is 3. The Morgan fingerprint density at radius 3 is 2.76 bits per heavy atom. The maximum atomic E-state index is 12.2. The molecule has 1 heterocycles. The molecule has 0 aliphatic rings. The summed E-state index contributed by atoms with van der Waals surface area (Å²) >= 11 is 0. The molecule has 0 unspecified atom stereocenters. The Morgan fingerprint density at radius 2 is 2.19 bits per heavy atom. The summed E-state index contributed by atoms with van der Waals surface area (Å²) in [4.78, 5) is 22.8. The van der Waals surface area contributed by atoms with E-state index in [2.05, 4.69) is 15.7 Å². The normalized spacial score (nSPS) is 10.2. The lowest BCUT2D eigenvalue weighted by Gasteiger charge is -2.08. The zero-order valence-corrected chi connectivity index (χ0v) is 11.7. The van der Waals surface area contributed by atoms with Crippen molar-refractivity contribution in [2.24, 2.45) is 7.05 Å². The Bertz CT molecular complexity index is 680. The molecule has 0 saturated carbocycles. The summed E-state index contributed by atoms with van der Waals surface area (Å²) in [5, 5.41) is 20.5. The van der Waals surface area contributed by atoms with Crippen LogP contribution in [0.15, 0.2) is 30.5 Å². The summed E-state index contributed by atoms with van der Waals surface area (Å²) in [5.41, 5.74) is 0.889. The number of carbonyl (C=O) groups excluding carboxylic acids is 1. The van der Waals surface area contributed by atoms with Gasteiger partial charge < -0.3 is 10.6 Å². The van der Waals surface area contributed by atoms with Crippen LogP contribution in [0.4, 0.5) is 11.4 Å². The van der Waals surface area contributed by atoms with Gasteiger partial charge in [0, 0.05) is 20.3 Å². The van der Waals surface area contributed by atoms with Crippen molar-refractivity contribution in [3.05, 3.63) is 51.8 Å². The summed E-state index contributed by atoms with van der Waals surface area (Å²) in [5.74, 6) is -0.500. The largest absolute Gasteiger partial charge is 0.383 e. The summed E-state index contributed by atoms with van der Waals surface area (Å²) in [7, 11) is 3.32. The summed E-state index contributed by atoms with van der Waals surface area (Å²) in [6.07, 6.45) is 1.62. The lowest BCUT2D eigenvalue weighted by molar-refractivity contribution is -0.384. The fourth-order valence-corrected chi connectivity index (χ4v) is 1.97. The van der Waals surface area contributed by atoms with Crippen LogP contribution in [0.1, 0.15) is 16.1 Å². The fourth-order valence-electron chi connectivity index (χ4n) is 1.97. The minimum absolute atomic E-state index is 0.0222. The molecule has 0 aliphatic carbocycles. The van der Waals surface area contributed by atoms with E-state index in [0.29, 0.717) is 5.69 Å². The smallest absolute Gasteiger partial charge is 0.305 e. The molecule has 0 aliphatic heterocycles. The standard InChI is InChI=1S/C13H15N5O3/c1-14-11-5-3-4-10(12(11)18(20)21)13(19)15-8-9-6-7-16-17(9)2/h3-7,14H,8H2,1-2H3,(H,15,19). The van der Waals surface area contributed by atoms with Crippen molar-refractivity contribution in [1.29, 1.82) is 0 Å². The molecule has 2 aromatic rings. The highest BCUT2D eigenvalue weighted by atomic mass is 16.6. The van der Waals surface area contributed by atoms with Crippen molar-refractivity contribution in [3.63, 3.8) is 0 Å². The fraction of sp³-hybridized carbons (Fsp3) is 0.231. The molecule has 1 aromatic carbocycles. The molecule has 0 fully saturated rings. The van der Waals surface area contributed by atoms with Gasteiger partial charge in [0.2, 0.25) is 0 Å². The second-order valence-corrected chi connectivity index (χ2v) is 4.34. The summed E-state index contributed by atoms with van der Waals surface area (Å²) in [6.45, 7) is 0.246. The number of nitrogens with one attached hydrogen (secondary N) is 2. The summed E-state index contributed by atoms with van der Waals surface area (Å²) < 4.78 is 1.62. The van der Waals surface area contributed by atoms with Gasteiger partial charge in [0.15, 0.2) is 0 Å². The van der Waals surface area contributed by atoms with Crippen molar-refractivity contribution in [1.82, 2.24) is 15.1 Å². The predicted molar refractivity (Wildman–Crippen MR) is 77.0 cm³/mol. The van der Waals surface area contributed by atoms with Crippen molar-refractivity contribution in [3.8, 4) is 0 Å². The number of hydrogen-bond donors (Lipinski definition) is 2. The first-order valence-corrected chi connectivity index (χ1v) is 6.25. The molecule has 110 valence electrons. The van der Waals surface area contributed by atoms with Crippen LogP contribution in [-0.4, -0.2) is 27.7 Å². The van der Waals surface area contributed by atoms with Gasteiger partial charge in [-0.3, -0.25) is 19.6 Å². The highest BCUT2D eigenvalue weighted by Crippen LogP contribution is 2.28. The maximum absolute atomic E-state index is 12.2. The number of amides is 1. The van der Waals surface area contributed by atoms with Gasteiger partial charge >= 0.3 is 5.69 Å². The Hall–Kier alpha value is -2.90. The van der Waals surface area contributed by atoms with Gasteiger partial charge in [-0.1, -0.05) is 6.07 Å². The minimum atomic E-state index is -0.565. The molecule has 1 amide bonds. The second-order valence-electron chi connectivity index (χ2n) is 4.34. The van der Waals surface area contributed by atoms with E-state index in [-0.39, 0.29) is 17.8 Å². The molecule has 0 saturated heterocycles. The van der Waals surface area contributed by atoms with Gasteiger partial charge in [0.05, 0.1) is 17.2 Å². The quantitative estimate of drug-likeness (QED) is 0.638. The highest BCUT2D eigenvalue weighted by molar-refractivity contribution is 6.00. The number of nitro benzene ring substituents is 1. The van der Waals surface area contributed by atoms with Crippen LogP contribution in [0, 0.1) is 10.1 Å². The number of aryl methyl sites for hydroxylation is 1. The SMILES string of the molecule is CNc1cccc(C(=O)NCc2ccnn2C)c1[N+](=O)[O-]. The number of benzene rings is 1. The van der Waals surface area contributed by atoms with Crippen molar-refractivity contribution >= 4 is 17.3 Å². The molecule has 8 nitrogen and oxygen atoms in total. The number of anilines is 1. The van der Waals surface area contributed by atoms with Gasteiger partial charge in [-0.25, -0.2) is 0 Å². The van der Waals surface area contributed by atoms with Crippen LogP contribution in [0.5, 0.6) is 0 Å². The number of rotatable bonds is 5.